The SMILES string of the molecule is COc1cc(OC)cc(C(=O)NCC[C@H]2CCCN2)c1. The highest BCUT2D eigenvalue weighted by Crippen LogP contribution is 2.22. The summed E-state index contributed by atoms with van der Waals surface area (Å²) in [5, 5.41) is 6.35. The minimum atomic E-state index is -0.0970. The van der Waals surface area contributed by atoms with Gasteiger partial charge in [0, 0.05) is 24.2 Å². The molecule has 1 aromatic carbocycles. The van der Waals surface area contributed by atoms with E-state index >= 15 is 0 Å². The lowest BCUT2D eigenvalue weighted by Gasteiger charge is -2.12. The van der Waals surface area contributed by atoms with Gasteiger partial charge >= 0.3 is 0 Å². The molecule has 1 fully saturated rings. The number of methoxy groups -OCH3 is 2. The van der Waals surface area contributed by atoms with Crippen molar-refractivity contribution in [1.29, 1.82) is 0 Å². The average Bonchev–Trinajstić information content (AvgIpc) is 2.99. The molecule has 0 saturated carbocycles. The number of nitrogens with one attached hydrogen (secondary N) is 2. The fourth-order valence-corrected chi connectivity index (χ4v) is 2.40. The Labute approximate surface area is 119 Å². The number of ether oxygens (including phenoxy) is 2. The molecule has 5 heteroatoms. The van der Waals surface area contributed by atoms with E-state index < -0.39 is 0 Å². The van der Waals surface area contributed by atoms with Gasteiger partial charge < -0.3 is 20.1 Å². The number of hydrogen-bond acceptors (Lipinski definition) is 4. The second-order valence-electron chi connectivity index (χ2n) is 4.94. The van der Waals surface area contributed by atoms with Crippen molar-refractivity contribution in [3.05, 3.63) is 23.8 Å². The summed E-state index contributed by atoms with van der Waals surface area (Å²) < 4.78 is 10.3. The summed E-state index contributed by atoms with van der Waals surface area (Å²) >= 11 is 0. The van der Waals surface area contributed by atoms with Crippen molar-refractivity contribution in [2.45, 2.75) is 25.3 Å². The van der Waals surface area contributed by atoms with Crippen molar-refractivity contribution in [1.82, 2.24) is 10.6 Å². The maximum Gasteiger partial charge on any atom is 0.251 e. The smallest absolute Gasteiger partial charge is 0.251 e. The van der Waals surface area contributed by atoms with E-state index in [0.717, 1.165) is 13.0 Å². The molecule has 20 heavy (non-hydrogen) atoms. The first kappa shape index (κ1) is 14.7. The van der Waals surface area contributed by atoms with Crippen LogP contribution >= 0.6 is 0 Å². The minimum Gasteiger partial charge on any atom is -0.497 e. The second kappa shape index (κ2) is 7.14. The molecule has 2 N–H and O–H groups in total. The van der Waals surface area contributed by atoms with Gasteiger partial charge in [-0.05, 0) is 37.9 Å². The Morgan fingerprint density at radius 3 is 2.55 bits per heavy atom. The topological polar surface area (TPSA) is 59.6 Å². The summed E-state index contributed by atoms with van der Waals surface area (Å²) in [5.74, 6) is 1.14. The first-order valence-electron chi connectivity index (χ1n) is 6.97. The molecular weight excluding hydrogens is 256 g/mol. The zero-order valence-electron chi connectivity index (χ0n) is 12.1. The van der Waals surface area contributed by atoms with Crippen molar-refractivity contribution in [3.63, 3.8) is 0 Å². The second-order valence-corrected chi connectivity index (χ2v) is 4.94. The van der Waals surface area contributed by atoms with Crippen LogP contribution in [0.1, 0.15) is 29.6 Å². The molecule has 1 aliphatic heterocycles. The summed E-state index contributed by atoms with van der Waals surface area (Å²) in [6.07, 6.45) is 3.39. The molecule has 0 unspecified atom stereocenters. The molecule has 0 bridgehead atoms. The summed E-state index contributed by atoms with van der Waals surface area (Å²) in [6, 6.07) is 5.71. The molecule has 1 heterocycles. The first-order valence-corrected chi connectivity index (χ1v) is 6.97. The standard InChI is InChI=1S/C15H22N2O3/c1-19-13-8-11(9-14(10-13)20-2)15(18)17-7-5-12-4-3-6-16-12/h8-10,12,16H,3-7H2,1-2H3,(H,17,18)/t12-/m1/s1. The highest BCUT2D eigenvalue weighted by Gasteiger charge is 2.14. The van der Waals surface area contributed by atoms with Gasteiger partial charge in [0.2, 0.25) is 0 Å². The van der Waals surface area contributed by atoms with Gasteiger partial charge in [0.1, 0.15) is 11.5 Å². The van der Waals surface area contributed by atoms with E-state index in [2.05, 4.69) is 10.6 Å². The molecule has 1 atom stereocenters. The molecule has 0 aliphatic carbocycles. The number of rotatable bonds is 6. The predicted octanol–water partition coefficient (Wildman–Crippen LogP) is 1.58. The van der Waals surface area contributed by atoms with Gasteiger partial charge in [0.25, 0.3) is 5.91 Å². The van der Waals surface area contributed by atoms with Crippen LogP contribution in [0, 0.1) is 0 Å². The van der Waals surface area contributed by atoms with E-state index in [-0.39, 0.29) is 5.91 Å². The van der Waals surface area contributed by atoms with Crippen LogP contribution in [0.3, 0.4) is 0 Å². The lowest BCUT2D eigenvalue weighted by Crippen LogP contribution is -2.30. The third-order valence-corrected chi connectivity index (χ3v) is 3.55. The molecule has 0 radical (unpaired) electrons. The Hall–Kier alpha value is -1.75. The van der Waals surface area contributed by atoms with Crippen molar-refractivity contribution >= 4 is 5.91 Å². The largest absolute Gasteiger partial charge is 0.497 e. The van der Waals surface area contributed by atoms with Gasteiger partial charge in [-0.2, -0.15) is 0 Å². The Morgan fingerprint density at radius 2 is 2.00 bits per heavy atom. The molecule has 2 rings (SSSR count). The highest BCUT2D eigenvalue weighted by atomic mass is 16.5. The van der Waals surface area contributed by atoms with Gasteiger partial charge in [-0.1, -0.05) is 0 Å². The van der Waals surface area contributed by atoms with E-state index in [4.69, 9.17) is 9.47 Å². The Kier molecular flexibility index (Phi) is 5.24. The van der Waals surface area contributed by atoms with Crippen LogP contribution in [-0.4, -0.2) is 39.3 Å². The summed E-state index contributed by atoms with van der Waals surface area (Å²) in [4.78, 5) is 12.1. The van der Waals surface area contributed by atoms with Gasteiger partial charge in [-0.3, -0.25) is 4.79 Å². The summed E-state index contributed by atoms with van der Waals surface area (Å²) in [6.45, 7) is 1.77. The number of carbonyl (C=O) groups is 1. The van der Waals surface area contributed by atoms with Gasteiger partial charge in [-0.25, -0.2) is 0 Å². The lowest BCUT2D eigenvalue weighted by atomic mass is 10.1. The Balaban J connectivity index is 1.90. The molecular formula is C15H22N2O3. The van der Waals surface area contributed by atoms with Crippen LogP contribution in [0.4, 0.5) is 0 Å². The average molecular weight is 278 g/mol. The highest BCUT2D eigenvalue weighted by molar-refractivity contribution is 5.95. The molecule has 5 nitrogen and oxygen atoms in total. The van der Waals surface area contributed by atoms with E-state index in [1.807, 2.05) is 0 Å². The summed E-state index contributed by atoms with van der Waals surface area (Å²) in [5.41, 5.74) is 0.556. The van der Waals surface area contributed by atoms with E-state index in [9.17, 15) is 4.79 Å². The number of hydrogen-bond donors (Lipinski definition) is 2. The minimum absolute atomic E-state index is 0.0970. The fourth-order valence-electron chi connectivity index (χ4n) is 2.40. The fraction of sp³-hybridized carbons (Fsp3) is 0.533. The van der Waals surface area contributed by atoms with Crippen molar-refractivity contribution in [2.24, 2.45) is 0 Å². The van der Waals surface area contributed by atoms with Crippen LogP contribution < -0.4 is 20.1 Å². The maximum absolute atomic E-state index is 12.1. The Morgan fingerprint density at radius 1 is 1.30 bits per heavy atom. The first-order chi connectivity index (χ1) is 9.72. The third kappa shape index (κ3) is 3.87. The van der Waals surface area contributed by atoms with E-state index in [1.54, 1.807) is 32.4 Å². The quantitative estimate of drug-likeness (QED) is 0.829. The van der Waals surface area contributed by atoms with Crippen molar-refractivity contribution < 1.29 is 14.3 Å². The predicted molar refractivity (Wildman–Crippen MR) is 77.5 cm³/mol. The van der Waals surface area contributed by atoms with E-state index in [0.29, 0.717) is 29.6 Å². The van der Waals surface area contributed by atoms with Crippen LogP contribution in [-0.2, 0) is 0 Å². The molecule has 1 aromatic rings. The van der Waals surface area contributed by atoms with E-state index in [1.165, 1.54) is 12.8 Å². The maximum atomic E-state index is 12.1. The zero-order valence-corrected chi connectivity index (χ0v) is 12.1. The number of carbonyl (C=O) groups excluding carboxylic acids is 1. The van der Waals surface area contributed by atoms with Crippen LogP contribution in [0.25, 0.3) is 0 Å². The summed E-state index contributed by atoms with van der Waals surface area (Å²) in [7, 11) is 3.14. The van der Waals surface area contributed by atoms with Gasteiger partial charge in [0.15, 0.2) is 0 Å². The van der Waals surface area contributed by atoms with Gasteiger partial charge in [-0.15, -0.1) is 0 Å². The van der Waals surface area contributed by atoms with Crippen LogP contribution in [0.15, 0.2) is 18.2 Å². The number of benzene rings is 1. The molecule has 1 amide bonds. The molecule has 0 spiro atoms. The van der Waals surface area contributed by atoms with Gasteiger partial charge in [0.05, 0.1) is 14.2 Å². The van der Waals surface area contributed by atoms with Crippen LogP contribution in [0.5, 0.6) is 11.5 Å². The van der Waals surface area contributed by atoms with Crippen LogP contribution in [0.2, 0.25) is 0 Å². The normalized spacial score (nSPS) is 17.8. The van der Waals surface area contributed by atoms with Crippen molar-refractivity contribution in [3.8, 4) is 11.5 Å². The lowest BCUT2D eigenvalue weighted by molar-refractivity contribution is 0.0951. The molecule has 1 aliphatic rings. The Bertz CT molecular complexity index is 434. The third-order valence-electron chi connectivity index (χ3n) is 3.55. The number of amides is 1. The molecule has 1 saturated heterocycles. The monoisotopic (exact) mass is 278 g/mol. The molecule has 110 valence electrons. The zero-order chi connectivity index (χ0) is 14.4. The molecule has 0 aromatic heterocycles. The van der Waals surface area contributed by atoms with Crippen molar-refractivity contribution in [2.75, 3.05) is 27.3 Å².